The van der Waals surface area contributed by atoms with Crippen LogP contribution in [0, 0.1) is 11.3 Å². The van der Waals surface area contributed by atoms with E-state index in [0.717, 1.165) is 24.7 Å². The average Bonchev–Trinajstić information content (AvgIpc) is 2.18. The number of nitrogens with zero attached hydrogens (tertiary/aromatic N) is 1. The normalized spacial score (nSPS) is 22.2. The van der Waals surface area contributed by atoms with Crippen molar-refractivity contribution in [2.75, 3.05) is 6.54 Å². The third kappa shape index (κ3) is 3.00. The van der Waals surface area contributed by atoms with Crippen LogP contribution in [0.5, 0.6) is 0 Å². The van der Waals surface area contributed by atoms with E-state index in [1.807, 2.05) is 0 Å². The first-order valence-corrected chi connectivity index (χ1v) is 5.99. The monoisotopic (exact) mass is 196 g/mol. The van der Waals surface area contributed by atoms with Gasteiger partial charge in [0.1, 0.15) is 0 Å². The standard InChI is InChI=1S/C12H24N2/c1-4-10(2)9-11(3)14-8-6-5-7-12(14)13/h10-11,13H,4-9H2,1-3H3. The Morgan fingerprint density at radius 2 is 2.07 bits per heavy atom. The Hall–Kier alpha value is -0.530. The summed E-state index contributed by atoms with van der Waals surface area (Å²) < 4.78 is 0. The molecular weight excluding hydrogens is 172 g/mol. The lowest BCUT2D eigenvalue weighted by molar-refractivity contribution is 0.255. The van der Waals surface area contributed by atoms with Crippen LogP contribution in [0.2, 0.25) is 0 Å². The van der Waals surface area contributed by atoms with Crippen LogP contribution < -0.4 is 0 Å². The summed E-state index contributed by atoms with van der Waals surface area (Å²) in [5.74, 6) is 1.66. The molecule has 1 rings (SSSR count). The van der Waals surface area contributed by atoms with Crippen molar-refractivity contribution >= 4 is 5.84 Å². The molecule has 1 fully saturated rings. The van der Waals surface area contributed by atoms with Crippen LogP contribution in [0.4, 0.5) is 0 Å². The largest absolute Gasteiger partial charge is 0.358 e. The van der Waals surface area contributed by atoms with Crippen molar-refractivity contribution in [1.29, 1.82) is 5.41 Å². The summed E-state index contributed by atoms with van der Waals surface area (Å²) in [4.78, 5) is 2.30. The van der Waals surface area contributed by atoms with E-state index < -0.39 is 0 Å². The molecule has 1 aliphatic rings. The summed E-state index contributed by atoms with van der Waals surface area (Å²) in [7, 11) is 0. The maximum Gasteiger partial charge on any atom is 0.0960 e. The van der Waals surface area contributed by atoms with E-state index in [2.05, 4.69) is 25.7 Å². The van der Waals surface area contributed by atoms with Crippen LogP contribution >= 0.6 is 0 Å². The topological polar surface area (TPSA) is 27.1 Å². The molecule has 82 valence electrons. The Bertz CT molecular complexity index is 189. The molecule has 0 bridgehead atoms. The van der Waals surface area contributed by atoms with Gasteiger partial charge in [0.2, 0.25) is 0 Å². The zero-order chi connectivity index (χ0) is 10.6. The number of nitrogens with one attached hydrogen (secondary N) is 1. The van der Waals surface area contributed by atoms with Gasteiger partial charge < -0.3 is 4.90 Å². The number of amidine groups is 1. The van der Waals surface area contributed by atoms with E-state index in [-0.39, 0.29) is 0 Å². The molecule has 0 aromatic carbocycles. The molecule has 0 aromatic heterocycles. The lowest BCUT2D eigenvalue weighted by Gasteiger charge is -2.36. The fraction of sp³-hybridized carbons (Fsp3) is 0.917. The minimum atomic E-state index is 0.567. The second-order valence-electron chi connectivity index (χ2n) is 4.70. The minimum Gasteiger partial charge on any atom is -0.358 e. The first-order valence-electron chi connectivity index (χ1n) is 5.99. The Kier molecular flexibility index (Phi) is 4.43. The van der Waals surface area contributed by atoms with E-state index in [4.69, 9.17) is 5.41 Å². The lowest BCUT2D eigenvalue weighted by atomic mass is 9.97. The molecule has 0 spiro atoms. The predicted molar refractivity (Wildman–Crippen MR) is 61.8 cm³/mol. The molecule has 0 saturated carbocycles. The molecule has 2 unspecified atom stereocenters. The summed E-state index contributed by atoms with van der Waals surface area (Å²) in [6, 6.07) is 0.567. The van der Waals surface area contributed by atoms with E-state index >= 15 is 0 Å². The molecule has 0 aliphatic carbocycles. The molecular formula is C12H24N2. The zero-order valence-corrected chi connectivity index (χ0v) is 9.84. The van der Waals surface area contributed by atoms with Crippen molar-refractivity contribution < 1.29 is 0 Å². The summed E-state index contributed by atoms with van der Waals surface area (Å²) >= 11 is 0. The van der Waals surface area contributed by atoms with Crippen LogP contribution in [-0.4, -0.2) is 23.3 Å². The molecule has 0 amide bonds. The molecule has 1 aliphatic heterocycles. The van der Waals surface area contributed by atoms with Crippen LogP contribution in [0.1, 0.15) is 52.9 Å². The number of hydrogen-bond acceptors (Lipinski definition) is 1. The summed E-state index contributed by atoms with van der Waals surface area (Å²) in [6.45, 7) is 7.94. The van der Waals surface area contributed by atoms with Crippen molar-refractivity contribution in [3.05, 3.63) is 0 Å². The van der Waals surface area contributed by atoms with E-state index in [1.165, 1.54) is 25.7 Å². The van der Waals surface area contributed by atoms with Crippen molar-refractivity contribution in [1.82, 2.24) is 4.90 Å². The first-order chi connectivity index (χ1) is 6.65. The summed E-state index contributed by atoms with van der Waals surface area (Å²) in [5.41, 5.74) is 0. The van der Waals surface area contributed by atoms with Crippen molar-refractivity contribution in [3.63, 3.8) is 0 Å². The number of hydrogen-bond donors (Lipinski definition) is 1. The molecule has 2 heteroatoms. The quantitative estimate of drug-likeness (QED) is 0.734. The number of rotatable bonds is 4. The first kappa shape index (κ1) is 11.5. The molecule has 1 N–H and O–H groups in total. The third-order valence-corrected chi connectivity index (χ3v) is 3.38. The van der Waals surface area contributed by atoms with Crippen LogP contribution in [0.15, 0.2) is 0 Å². The van der Waals surface area contributed by atoms with Gasteiger partial charge in [-0.25, -0.2) is 0 Å². The van der Waals surface area contributed by atoms with Gasteiger partial charge in [0.05, 0.1) is 5.84 Å². The average molecular weight is 196 g/mol. The third-order valence-electron chi connectivity index (χ3n) is 3.38. The van der Waals surface area contributed by atoms with Crippen molar-refractivity contribution in [3.8, 4) is 0 Å². The minimum absolute atomic E-state index is 0.567. The summed E-state index contributed by atoms with van der Waals surface area (Å²) in [6.07, 6.45) is 5.97. The highest BCUT2D eigenvalue weighted by Gasteiger charge is 2.21. The number of piperidine rings is 1. The highest BCUT2D eigenvalue weighted by atomic mass is 15.2. The van der Waals surface area contributed by atoms with Crippen molar-refractivity contribution in [2.45, 2.75) is 58.9 Å². The maximum absolute atomic E-state index is 7.90. The Morgan fingerprint density at radius 1 is 1.36 bits per heavy atom. The van der Waals surface area contributed by atoms with Gasteiger partial charge in [0, 0.05) is 19.0 Å². The lowest BCUT2D eigenvalue weighted by Crippen LogP contribution is -2.42. The molecule has 2 atom stereocenters. The molecule has 0 radical (unpaired) electrons. The van der Waals surface area contributed by atoms with E-state index in [1.54, 1.807) is 0 Å². The highest BCUT2D eigenvalue weighted by molar-refractivity contribution is 5.80. The van der Waals surface area contributed by atoms with Gasteiger partial charge in [-0.2, -0.15) is 0 Å². The van der Waals surface area contributed by atoms with E-state index in [9.17, 15) is 0 Å². The smallest absolute Gasteiger partial charge is 0.0960 e. The Balaban J connectivity index is 2.41. The Morgan fingerprint density at radius 3 is 2.64 bits per heavy atom. The van der Waals surface area contributed by atoms with Gasteiger partial charge in [0.15, 0.2) is 0 Å². The molecule has 1 saturated heterocycles. The fourth-order valence-corrected chi connectivity index (χ4v) is 2.22. The van der Waals surface area contributed by atoms with Gasteiger partial charge in [-0.3, -0.25) is 5.41 Å². The predicted octanol–water partition coefficient (Wildman–Crippen LogP) is 3.27. The highest BCUT2D eigenvalue weighted by Crippen LogP contribution is 2.19. The van der Waals surface area contributed by atoms with Crippen LogP contribution in [0.3, 0.4) is 0 Å². The second-order valence-corrected chi connectivity index (χ2v) is 4.70. The van der Waals surface area contributed by atoms with Gasteiger partial charge in [-0.15, -0.1) is 0 Å². The van der Waals surface area contributed by atoms with Crippen molar-refractivity contribution in [2.24, 2.45) is 5.92 Å². The van der Waals surface area contributed by atoms with Gasteiger partial charge in [-0.1, -0.05) is 20.3 Å². The Labute approximate surface area is 88.2 Å². The van der Waals surface area contributed by atoms with Gasteiger partial charge in [0.25, 0.3) is 0 Å². The zero-order valence-electron chi connectivity index (χ0n) is 9.84. The SMILES string of the molecule is CCC(C)CC(C)N1CCCCC1=N. The fourth-order valence-electron chi connectivity index (χ4n) is 2.22. The van der Waals surface area contributed by atoms with Gasteiger partial charge >= 0.3 is 0 Å². The van der Waals surface area contributed by atoms with Crippen LogP contribution in [0.25, 0.3) is 0 Å². The molecule has 0 aromatic rings. The van der Waals surface area contributed by atoms with Crippen LogP contribution in [-0.2, 0) is 0 Å². The van der Waals surface area contributed by atoms with E-state index in [0.29, 0.717) is 6.04 Å². The molecule has 14 heavy (non-hydrogen) atoms. The molecule has 1 heterocycles. The molecule has 2 nitrogen and oxygen atoms in total. The second kappa shape index (κ2) is 5.38. The summed E-state index contributed by atoms with van der Waals surface area (Å²) in [5, 5.41) is 7.90. The number of likely N-dealkylation sites (tertiary alicyclic amines) is 1. The van der Waals surface area contributed by atoms with Gasteiger partial charge in [-0.05, 0) is 32.1 Å². The maximum atomic E-state index is 7.90.